The molecule has 1 amide bonds. The van der Waals surface area contributed by atoms with E-state index in [4.69, 9.17) is 9.47 Å². The molecular weight excluding hydrogens is 370 g/mol. The topological polar surface area (TPSA) is 47.6 Å². The van der Waals surface area contributed by atoms with Crippen molar-refractivity contribution in [1.29, 1.82) is 0 Å². The van der Waals surface area contributed by atoms with E-state index in [-0.39, 0.29) is 11.8 Å². The van der Waals surface area contributed by atoms with Crippen molar-refractivity contribution in [3.05, 3.63) is 52.0 Å². The fraction of sp³-hybridized carbons (Fsp3) is 0.316. The molecule has 0 heterocycles. The number of benzene rings is 2. The van der Waals surface area contributed by atoms with E-state index in [1.54, 1.807) is 14.2 Å². The van der Waals surface area contributed by atoms with Crippen LogP contribution in [0.4, 0.5) is 5.69 Å². The van der Waals surface area contributed by atoms with Gasteiger partial charge in [-0.15, -0.1) is 0 Å². The van der Waals surface area contributed by atoms with Crippen LogP contribution in [0.15, 0.2) is 40.9 Å². The summed E-state index contributed by atoms with van der Waals surface area (Å²) in [6.45, 7) is 3.92. The third kappa shape index (κ3) is 4.51. The van der Waals surface area contributed by atoms with E-state index >= 15 is 0 Å². The predicted molar refractivity (Wildman–Crippen MR) is 99.9 cm³/mol. The van der Waals surface area contributed by atoms with Gasteiger partial charge in [0, 0.05) is 10.4 Å². The van der Waals surface area contributed by atoms with Crippen molar-refractivity contribution >= 4 is 27.5 Å². The number of carbonyl (C=O) groups excluding carboxylic acids is 1. The molecule has 24 heavy (non-hydrogen) atoms. The van der Waals surface area contributed by atoms with Gasteiger partial charge < -0.3 is 14.8 Å². The predicted octanol–water partition coefficient (Wildman–Crippen LogP) is 4.59. The monoisotopic (exact) mass is 391 g/mol. The van der Waals surface area contributed by atoms with Crippen molar-refractivity contribution in [1.82, 2.24) is 0 Å². The van der Waals surface area contributed by atoms with E-state index in [1.165, 1.54) is 0 Å². The maximum atomic E-state index is 12.4. The lowest BCUT2D eigenvalue weighted by Gasteiger charge is -2.15. The van der Waals surface area contributed by atoms with E-state index in [2.05, 4.69) is 21.2 Å². The van der Waals surface area contributed by atoms with Gasteiger partial charge >= 0.3 is 0 Å². The second kappa shape index (κ2) is 8.20. The van der Waals surface area contributed by atoms with Crippen LogP contribution in [0.2, 0.25) is 0 Å². The number of aryl methyl sites for hydroxylation is 1. The second-order valence-corrected chi connectivity index (χ2v) is 6.62. The van der Waals surface area contributed by atoms with E-state index in [0.29, 0.717) is 17.9 Å². The molecule has 4 nitrogen and oxygen atoms in total. The summed E-state index contributed by atoms with van der Waals surface area (Å²) in [6, 6.07) is 11.6. The summed E-state index contributed by atoms with van der Waals surface area (Å²) in [6.07, 6.45) is 0.621. The highest BCUT2D eigenvalue weighted by molar-refractivity contribution is 9.10. The Balaban J connectivity index is 2.06. The molecular formula is C19H22BrNO3. The molecule has 2 aromatic rings. The first-order valence-electron chi connectivity index (χ1n) is 7.72. The van der Waals surface area contributed by atoms with Crippen LogP contribution in [0, 0.1) is 12.8 Å². The van der Waals surface area contributed by atoms with E-state index in [0.717, 1.165) is 21.3 Å². The minimum absolute atomic E-state index is 0.0191. The van der Waals surface area contributed by atoms with Crippen molar-refractivity contribution in [2.24, 2.45) is 5.92 Å². The van der Waals surface area contributed by atoms with Gasteiger partial charge in [0.15, 0.2) is 11.5 Å². The number of amides is 1. The maximum Gasteiger partial charge on any atom is 0.227 e. The largest absolute Gasteiger partial charge is 0.493 e. The number of rotatable bonds is 6. The Labute approximate surface area is 151 Å². The molecule has 1 atom stereocenters. The number of halogens is 1. The van der Waals surface area contributed by atoms with Crippen LogP contribution in [0.3, 0.4) is 0 Å². The zero-order chi connectivity index (χ0) is 17.7. The Bertz CT molecular complexity index is 731. The summed E-state index contributed by atoms with van der Waals surface area (Å²) < 4.78 is 11.4. The number of anilines is 1. The molecule has 0 aliphatic carbocycles. The average molecular weight is 392 g/mol. The normalized spacial score (nSPS) is 11.7. The van der Waals surface area contributed by atoms with Crippen LogP contribution in [-0.2, 0) is 11.2 Å². The van der Waals surface area contributed by atoms with Crippen LogP contribution in [0.1, 0.15) is 18.1 Å². The summed E-state index contributed by atoms with van der Waals surface area (Å²) in [5.41, 5.74) is 2.95. The lowest BCUT2D eigenvalue weighted by Crippen LogP contribution is -2.22. The molecule has 2 rings (SSSR count). The minimum Gasteiger partial charge on any atom is -0.493 e. The van der Waals surface area contributed by atoms with Crippen molar-refractivity contribution in [3.63, 3.8) is 0 Å². The van der Waals surface area contributed by atoms with Gasteiger partial charge in [-0.3, -0.25) is 4.79 Å². The highest BCUT2D eigenvalue weighted by Crippen LogP contribution is 2.29. The molecule has 0 spiro atoms. The highest BCUT2D eigenvalue weighted by Gasteiger charge is 2.16. The van der Waals surface area contributed by atoms with Gasteiger partial charge in [0.05, 0.1) is 19.9 Å². The fourth-order valence-corrected chi connectivity index (χ4v) is 3.02. The molecule has 5 heteroatoms. The molecule has 0 saturated carbocycles. The molecule has 0 radical (unpaired) electrons. The van der Waals surface area contributed by atoms with Crippen LogP contribution >= 0.6 is 15.9 Å². The standard InChI is InChI=1S/C19H22BrNO3/c1-12-5-7-16(15(20)9-12)21-19(22)13(2)10-14-6-8-17(23-3)18(11-14)24-4/h5-9,11,13H,10H2,1-4H3,(H,21,22). The quantitative estimate of drug-likeness (QED) is 0.782. The van der Waals surface area contributed by atoms with Gasteiger partial charge in [-0.1, -0.05) is 19.1 Å². The molecule has 0 saturated heterocycles. The van der Waals surface area contributed by atoms with Gasteiger partial charge in [-0.25, -0.2) is 0 Å². The van der Waals surface area contributed by atoms with Gasteiger partial charge in [-0.05, 0) is 64.7 Å². The molecule has 0 bridgehead atoms. The van der Waals surface area contributed by atoms with Crippen LogP contribution in [0.25, 0.3) is 0 Å². The van der Waals surface area contributed by atoms with Gasteiger partial charge in [0.1, 0.15) is 0 Å². The molecule has 1 unspecified atom stereocenters. The zero-order valence-corrected chi connectivity index (χ0v) is 15.9. The molecule has 0 fully saturated rings. The van der Waals surface area contributed by atoms with Crippen LogP contribution < -0.4 is 14.8 Å². The van der Waals surface area contributed by atoms with Crippen molar-refractivity contribution < 1.29 is 14.3 Å². The Morgan fingerprint density at radius 2 is 1.83 bits per heavy atom. The average Bonchev–Trinajstić information content (AvgIpc) is 2.57. The summed E-state index contributed by atoms with van der Waals surface area (Å²) in [5, 5.41) is 2.97. The Hall–Kier alpha value is -2.01. The molecule has 0 aliphatic heterocycles. The third-order valence-corrected chi connectivity index (χ3v) is 4.48. The molecule has 0 aromatic heterocycles. The SMILES string of the molecule is COc1ccc(CC(C)C(=O)Nc2ccc(C)cc2Br)cc1OC. The molecule has 128 valence electrons. The van der Waals surface area contributed by atoms with Gasteiger partial charge in [-0.2, -0.15) is 0 Å². The van der Waals surface area contributed by atoms with Crippen LogP contribution in [-0.4, -0.2) is 20.1 Å². The number of ether oxygens (including phenoxy) is 2. The molecule has 2 aromatic carbocycles. The Morgan fingerprint density at radius 3 is 2.46 bits per heavy atom. The van der Waals surface area contributed by atoms with E-state index in [9.17, 15) is 4.79 Å². The van der Waals surface area contributed by atoms with Crippen molar-refractivity contribution in [2.75, 3.05) is 19.5 Å². The molecule has 1 N–H and O–H groups in total. The maximum absolute atomic E-state index is 12.4. The minimum atomic E-state index is -0.170. The number of hydrogen-bond acceptors (Lipinski definition) is 3. The first kappa shape index (κ1) is 18.3. The molecule has 0 aliphatic rings. The summed E-state index contributed by atoms with van der Waals surface area (Å²) in [7, 11) is 3.21. The summed E-state index contributed by atoms with van der Waals surface area (Å²) in [4.78, 5) is 12.4. The second-order valence-electron chi connectivity index (χ2n) is 5.77. The Kier molecular flexibility index (Phi) is 6.26. The lowest BCUT2D eigenvalue weighted by atomic mass is 10.00. The lowest BCUT2D eigenvalue weighted by molar-refractivity contribution is -0.119. The number of nitrogens with one attached hydrogen (secondary N) is 1. The zero-order valence-electron chi connectivity index (χ0n) is 14.4. The van der Waals surface area contributed by atoms with Gasteiger partial charge in [0.25, 0.3) is 0 Å². The van der Waals surface area contributed by atoms with Crippen molar-refractivity contribution in [3.8, 4) is 11.5 Å². The summed E-state index contributed by atoms with van der Waals surface area (Å²) >= 11 is 3.48. The first-order valence-corrected chi connectivity index (χ1v) is 8.51. The number of carbonyl (C=O) groups is 1. The number of hydrogen-bond donors (Lipinski definition) is 1. The first-order chi connectivity index (χ1) is 11.4. The van der Waals surface area contributed by atoms with Crippen LogP contribution in [0.5, 0.6) is 11.5 Å². The smallest absolute Gasteiger partial charge is 0.227 e. The van der Waals surface area contributed by atoms with E-state index in [1.807, 2.05) is 50.2 Å². The van der Waals surface area contributed by atoms with Crippen molar-refractivity contribution in [2.45, 2.75) is 20.3 Å². The Morgan fingerprint density at radius 1 is 1.12 bits per heavy atom. The van der Waals surface area contributed by atoms with E-state index < -0.39 is 0 Å². The summed E-state index contributed by atoms with van der Waals surface area (Å²) in [5.74, 6) is 1.16. The number of methoxy groups -OCH3 is 2. The van der Waals surface area contributed by atoms with Gasteiger partial charge in [0.2, 0.25) is 5.91 Å². The highest BCUT2D eigenvalue weighted by atomic mass is 79.9. The third-order valence-electron chi connectivity index (χ3n) is 3.82. The fourth-order valence-electron chi connectivity index (χ4n) is 2.43.